The van der Waals surface area contributed by atoms with Gasteiger partial charge in [-0.2, -0.15) is 0 Å². The zero-order valence-corrected chi connectivity index (χ0v) is 19.7. The number of hydrogen-bond acceptors (Lipinski definition) is 3. The zero-order chi connectivity index (χ0) is 19.2. The molecule has 1 aromatic heterocycles. The summed E-state index contributed by atoms with van der Waals surface area (Å²) in [6.45, 7) is 7.39. The summed E-state index contributed by atoms with van der Waals surface area (Å²) in [7, 11) is 1.83. The van der Waals surface area contributed by atoms with E-state index in [4.69, 9.17) is 16.3 Å². The highest BCUT2D eigenvalue weighted by Crippen LogP contribution is 2.25. The van der Waals surface area contributed by atoms with Crippen LogP contribution in [0.1, 0.15) is 28.4 Å². The highest BCUT2D eigenvalue weighted by atomic mass is 127. The Labute approximate surface area is 189 Å². The summed E-state index contributed by atoms with van der Waals surface area (Å²) in [5.74, 6) is 0.912. The van der Waals surface area contributed by atoms with Crippen molar-refractivity contribution in [2.24, 2.45) is 4.99 Å². The molecule has 28 heavy (non-hydrogen) atoms. The van der Waals surface area contributed by atoms with Crippen molar-refractivity contribution in [1.29, 1.82) is 0 Å². The van der Waals surface area contributed by atoms with Gasteiger partial charge in [-0.1, -0.05) is 41.4 Å². The lowest BCUT2D eigenvalue weighted by Gasteiger charge is -2.35. The summed E-state index contributed by atoms with van der Waals surface area (Å²) in [4.78, 5) is 10.9. The van der Waals surface area contributed by atoms with E-state index in [1.165, 1.54) is 16.7 Å². The summed E-state index contributed by atoms with van der Waals surface area (Å²) >= 11 is 5.84. The van der Waals surface area contributed by atoms with Crippen molar-refractivity contribution in [3.8, 4) is 0 Å². The van der Waals surface area contributed by atoms with E-state index in [0.29, 0.717) is 11.8 Å². The minimum Gasteiger partial charge on any atom is -0.370 e. The van der Waals surface area contributed by atoms with Gasteiger partial charge < -0.3 is 15.0 Å². The Morgan fingerprint density at radius 3 is 2.82 bits per heavy atom. The van der Waals surface area contributed by atoms with Crippen LogP contribution < -0.4 is 5.32 Å². The molecule has 2 heterocycles. The van der Waals surface area contributed by atoms with Crippen LogP contribution in [-0.2, 0) is 11.2 Å². The molecule has 1 N–H and O–H groups in total. The normalized spacial score (nSPS) is 17.2. The Morgan fingerprint density at radius 1 is 1.32 bits per heavy atom. The first-order chi connectivity index (χ1) is 13.1. The number of benzene rings is 1. The minimum atomic E-state index is 0. The van der Waals surface area contributed by atoms with Crippen molar-refractivity contribution < 1.29 is 4.74 Å². The number of aromatic nitrogens is 1. The number of nitrogens with zero attached hydrogens (tertiary/aromatic N) is 3. The highest BCUT2D eigenvalue weighted by Gasteiger charge is 2.25. The fourth-order valence-corrected chi connectivity index (χ4v) is 3.53. The summed E-state index contributed by atoms with van der Waals surface area (Å²) in [5, 5.41) is 3.98. The molecule has 0 bridgehead atoms. The third-order valence-corrected chi connectivity index (χ3v) is 5.06. The minimum absolute atomic E-state index is 0. The smallest absolute Gasteiger partial charge is 0.193 e. The molecule has 1 aliphatic rings. The lowest BCUT2D eigenvalue weighted by molar-refractivity contribution is -0.00830. The van der Waals surface area contributed by atoms with Gasteiger partial charge in [-0.15, -0.1) is 24.0 Å². The van der Waals surface area contributed by atoms with Crippen LogP contribution in [0.5, 0.6) is 0 Å². The largest absolute Gasteiger partial charge is 0.370 e. The van der Waals surface area contributed by atoms with Crippen molar-refractivity contribution in [2.75, 3.05) is 33.3 Å². The fraction of sp³-hybridized carbons (Fsp3) is 0.429. The van der Waals surface area contributed by atoms with Gasteiger partial charge in [0.1, 0.15) is 11.3 Å². The van der Waals surface area contributed by atoms with E-state index in [0.717, 1.165) is 37.6 Å². The van der Waals surface area contributed by atoms with E-state index in [1.54, 1.807) is 0 Å². The molecule has 152 valence electrons. The van der Waals surface area contributed by atoms with Gasteiger partial charge >= 0.3 is 0 Å². The molecule has 0 aliphatic carbocycles. The second-order valence-electron chi connectivity index (χ2n) is 6.88. The SMILES string of the molecule is CN=C(NCCc1ccc(Cl)nc1)N1CCOC(c2ccc(C)cc2C)C1.I. The van der Waals surface area contributed by atoms with Crippen LogP contribution in [0.15, 0.2) is 41.5 Å². The molecule has 2 aromatic rings. The van der Waals surface area contributed by atoms with E-state index < -0.39 is 0 Å². The monoisotopic (exact) mass is 514 g/mol. The number of halogens is 2. The summed E-state index contributed by atoms with van der Waals surface area (Å²) in [6.07, 6.45) is 2.75. The number of hydrogen-bond donors (Lipinski definition) is 1. The van der Waals surface area contributed by atoms with E-state index >= 15 is 0 Å². The molecule has 3 rings (SSSR count). The van der Waals surface area contributed by atoms with Gasteiger partial charge in [0.05, 0.1) is 13.2 Å². The van der Waals surface area contributed by atoms with Gasteiger partial charge in [0.15, 0.2) is 5.96 Å². The fourth-order valence-electron chi connectivity index (χ4n) is 3.42. The molecule has 1 aliphatic heterocycles. The Bertz CT molecular complexity index is 797. The van der Waals surface area contributed by atoms with Gasteiger partial charge in [0.25, 0.3) is 0 Å². The van der Waals surface area contributed by atoms with Crippen LogP contribution in [0.25, 0.3) is 0 Å². The van der Waals surface area contributed by atoms with Crippen LogP contribution >= 0.6 is 35.6 Å². The summed E-state index contributed by atoms with van der Waals surface area (Å²) < 4.78 is 6.05. The Kier molecular flexibility index (Phi) is 8.98. The van der Waals surface area contributed by atoms with E-state index in [2.05, 4.69) is 52.2 Å². The van der Waals surface area contributed by atoms with Gasteiger partial charge in [-0.05, 0) is 43.0 Å². The van der Waals surface area contributed by atoms with Gasteiger partial charge in [-0.25, -0.2) is 4.98 Å². The Balaban J connectivity index is 0.00000280. The molecule has 1 saturated heterocycles. The first-order valence-electron chi connectivity index (χ1n) is 9.31. The molecule has 5 nitrogen and oxygen atoms in total. The first kappa shape index (κ1) is 22.9. The van der Waals surface area contributed by atoms with Crippen molar-refractivity contribution in [3.63, 3.8) is 0 Å². The van der Waals surface area contributed by atoms with Crippen molar-refractivity contribution in [1.82, 2.24) is 15.2 Å². The summed E-state index contributed by atoms with van der Waals surface area (Å²) in [5.41, 5.74) is 4.96. The molecule has 0 radical (unpaired) electrons. The zero-order valence-electron chi connectivity index (χ0n) is 16.6. The first-order valence-corrected chi connectivity index (χ1v) is 9.69. The molecule has 0 spiro atoms. The molecule has 7 heteroatoms. The van der Waals surface area contributed by atoms with E-state index in [9.17, 15) is 0 Å². The van der Waals surface area contributed by atoms with Gasteiger partial charge in [0, 0.05) is 26.3 Å². The van der Waals surface area contributed by atoms with E-state index in [1.807, 2.05) is 25.4 Å². The van der Waals surface area contributed by atoms with Crippen LogP contribution in [0.2, 0.25) is 5.15 Å². The van der Waals surface area contributed by atoms with Crippen molar-refractivity contribution in [3.05, 3.63) is 63.9 Å². The molecule has 0 saturated carbocycles. The standard InChI is InChI=1S/C21H27ClN4O.HI/c1-15-4-6-18(16(2)12-15)19-14-26(10-11-27-19)21(23-3)24-9-8-17-5-7-20(22)25-13-17;/h4-7,12-13,19H,8-11,14H2,1-3H3,(H,23,24);1H. The van der Waals surface area contributed by atoms with Crippen molar-refractivity contribution >= 4 is 41.5 Å². The average Bonchev–Trinajstić information content (AvgIpc) is 2.67. The lowest BCUT2D eigenvalue weighted by atomic mass is 10.00. The number of pyridine rings is 1. The van der Waals surface area contributed by atoms with Crippen LogP contribution in [0.3, 0.4) is 0 Å². The number of aryl methyl sites for hydroxylation is 2. The third-order valence-electron chi connectivity index (χ3n) is 4.84. The Hall–Kier alpha value is -1.38. The third kappa shape index (κ3) is 6.06. The van der Waals surface area contributed by atoms with Crippen molar-refractivity contribution in [2.45, 2.75) is 26.4 Å². The maximum Gasteiger partial charge on any atom is 0.193 e. The number of nitrogens with one attached hydrogen (secondary N) is 1. The molecule has 1 atom stereocenters. The number of morpholine rings is 1. The highest BCUT2D eigenvalue weighted by molar-refractivity contribution is 14.0. The summed E-state index contributed by atoms with van der Waals surface area (Å²) in [6, 6.07) is 10.4. The quantitative estimate of drug-likeness (QED) is 0.288. The van der Waals surface area contributed by atoms with Gasteiger partial charge in [0.2, 0.25) is 0 Å². The van der Waals surface area contributed by atoms with Crippen LogP contribution in [-0.4, -0.2) is 49.1 Å². The lowest BCUT2D eigenvalue weighted by Crippen LogP contribution is -2.48. The predicted molar refractivity (Wildman–Crippen MR) is 126 cm³/mol. The predicted octanol–water partition coefficient (Wildman–Crippen LogP) is 4.16. The topological polar surface area (TPSA) is 49.8 Å². The average molecular weight is 515 g/mol. The maximum absolute atomic E-state index is 6.05. The molecule has 0 amide bonds. The van der Waals surface area contributed by atoms with Crippen LogP contribution in [0, 0.1) is 13.8 Å². The number of rotatable bonds is 4. The second-order valence-corrected chi connectivity index (χ2v) is 7.27. The molecular formula is C21H28ClIN4O. The number of aliphatic imine (C=N–C) groups is 1. The Morgan fingerprint density at radius 2 is 2.14 bits per heavy atom. The molecule has 1 unspecified atom stereocenters. The molecule has 1 fully saturated rings. The molecule has 1 aromatic carbocycles. The number of ether oxygens (including phenoxy) is 1. The molecular weight excluding hydrogens is 487 g/mol. The van der Waals surface area contributed by atoms with Gasteiger partial charge in [-0.3, -0.25) is 4.99 Å². The number of guanidine groups is 1. The van der Waals surface area contributed by atoms with Crippen LogP contribution in [0.4, 0.5) is 0 Å². The maximum atomic E-state index is 6.05. The van der Waals surface area contributed by atoms with E-state index in [-0.39, 0.29) is 30.1 Å². The second kappa shape index (κ2) is 11.0.